The number of carbonyl (C=O) groups excluding carboxylic acids is 1. The molecular weight excluding hydrogens is 312 g/mol. The summed E-state index contributed by atoms with van der Waals surface area (Å²) >= 11 is 1.04. The molecule has 0 radical (unpaired) electrons. The zero-order valence-corrected chi connectivity index (χ0v) is 12.8. The fourth-order valence-corrected chi connectivity index (χ4v) is 2.91. The van der Waals surface area contributed by atoms with Gasteiger partial charge in [-0.25, -0.2) is 0 Å². The fourth-order valence-electron chi connectivity index (χ4n) is 1.84. The van der Waals surface area contributed by atoms with Crippen LogP contribution in [0, 0.1) is 0 Å². The molecule has 9 nitrogen and oxygen atoms in total. The molecule has 1 N–H and O–H groups in total. The first-order chi connectivity index (χ1) is 10.5. The molecule has 0 aliphatic carbocycles. The number of carbonyl (C=O) groups is 2. The van der Waals surface area contributed by atoms with Gasteiger partial charge in [0.05, 0.1) is 19.2 Å². The Kier molecular flexibility index (Phi) is 4.91. The average molecular weight is 326 g/mol. The third kappa shape index (κ3) is 3.16. The smallest absolute Gasteiger partial charge is 0.325 e. The summed E-state index contributed by atoms with van der Waals surface area (Å²) in [5.74, 6) is -1.50. The molecule has 1 aliphatic heterocycles. The van der Waals surface area contributed by atoms with Crippen molar-refractivity contribution in [3.05, 3.63) is 16.0 Å². The first-order valence-electron chi connectivity index (χ1n) is 6.50. The number of carboxylic acids is 1. The van der Waals surface area contributed by atoms with Gasteiger partial charge in [0.15, 0.2) is 0 Å². The maximum Gasteiger partial charge on any atom is 0.325 e. The van der Waals surface area contributed by atoms with E-state index in [0.717, 1.165) is 16.4 Å². The van der Waals surface area contributed by atoms with Crippen LogP contribution in [0.25, 0.3) is 0 Å². The number of methoxy groups -OCH3 is 1. The second kappa shape index (κ2) is 6.69. The van der Waals surface area contributed by atoms with Crippen LogP contribution in [-0.4, -0.2) is 50.0 Å². The summed E-state index contributed by atoms with van der Waals surface area (Å²) < 4.78 is 5.78. The highest BCUT2D eigenvalue weighted by molar-refractivity contribution is 8.01. The van der Waals surface area contributed by atoms with Crippen molar-refractivity contribution >= 4 is 29.4 Å². The molecule has 0 bridgehead atoms. The van der Waals surface area contributed by atoms with Crippen LogP contribution in [0.3, 0.4) is 0 Å². The van der Waals surface area contributed by atoms with Gasteiger partial charge < -0.3 is 9.84 Å². The van der Waals surface area contributed by atoms with Gasteiger partial charge in [0, 0.05) is 6.42 Å². The second-order valence-corrected chi connectivity index (χ2v) is 5.48. The van der Waals surface area contributed by atoms with Gasteiger partial charge in [-0.2, -0.15) is 9.78 Å². The quantitative estimate of drug-likeness (QED) is 0.745. The molecule has 1 atom stereocenters. The molecule has 2 heterocycles. The largest absolute Gasteiger partial charge is 0.481 e. The average Bonchev–Trinajstić information content (AvgIpc) is 2.52. The van der Waals surface area contributed by atoms with Crippen molar-refractivity contribution in [2.45, 2.75) is 36.6 Å². The third-order valence-electron chi connectivity index (χ3n) is 2.98. The molecule has 1 aromatic heterocycles. The maximum absolute atomic E-state index is 12.3. The topological polar surface area (TPSA) is 124 Å². The standard InChI is InChI=1S/C12H14N4O5S/c1-3-6-9(11(20)21-2)22-12-14-13-7(4-5-8(17)18)10(19)16(12)15-6/h9H,3-5H2,1-2H3,(H,17,18). The lowest BCUT2D eigenvalue weighted by atomic mass is 10.2. The van der Waals surface area contributed by atoms with E-state index >= 15 is 0 Å². The van der Waals surface area contributed by atoms with E-state index in [4.69, 9.17) is 9.84 Å². The summed E-state index contributed by atoms with van der Waals surface area (Å²) in [5, 5.41) is 19.9. The molecule has 22 heavy (non-hydrogen) atoms. The maximum atomic E-state index is 12.3. The van der Waals surface area contributed by atoms with Crippen molar-refractivity contribution in [2.24, 2.45) is 5.10 Å². The van der Waals surface area contributed by atoms with Gasteiger partial charge in [-0.15, -0.1) is 10.2 Å². The summed E-state index contributed by atoms with van der Waals surface area (Å²) in [7, 11) is 1.28. The summed E-state index contributed by atoms with van der Waals surface area (Å²) in [5.41, 5.74) is -0.000813. The molecule has 0 aromatic carbocycles. The number of carboxylic acid groups (broad SMARTS) is 1. The normalized spacial score (nSPS) is 16.6. The number of hydrogen-bond donors (Lipinski definition) is 1. The van der Waals surface area contributed by atoms with Crippen LogP contribution in [-0.2, 0) is 20.7 Å². The van der Waals surface area contributed by atoms with Crippen LogP contribution in [0.15, 0.2) is 15.1 Å². The van der Waals surface area contributed by atoms with Gasteiger partial charge in [0.25, 0.3) is 5.56 Å². The Morgan fingerprint density at radius 3 is 2.73 bits per heavy atom. The Morgan fingerprint density at radius 1 is 1.41 bits per heavy atom. The number of nitrogens with zero attached hydrogens (tertiary/aromatic N) is 4. The second-order valence-electron chi connectivity index (χ2n) is 4.41. The first kappa shape index (κ1) is 16.1. The van der Waals surface area contributed by atoms with Crippen LogP contribution < -0.4 is 5.56 Å². The fraction of sp³-hybridized carbons (Fsp3) is 0.500. The van der Waals surface area contributed by atoms with Crippen LogP contribution in [0.4, 0.5) is 0 Å². The molecule has 0 saturated carbocycles. The van der Waals surface area contributed by atoms with Gasteiger partial charge >= 0.3 is 11.9 Å². The van der Waals surface area contributed by atoms with Crippen LogP contribution >= 0.6 is 11.8 Å². The Bertz CT molecular complexity index is 699. The zero-order valence-electron chi connectivity index (χ0n) is 12.0. The number of rotatable bonds is 5. The number of aliphatic carboxylic acids is 1. The Hall–Kier alpha value is -2.23. The van der Waals surface area contributed by atoms with Crippen LogP contribution in [0.5, 0.6) is 0 Å². The molecule has 0 amide bonds. The highest BCUT2D eigenvalue weighted by Crippen LogP contribution is 2.27. The van der Waals surface area contributed by atoms with Gasteiger partial charge in [-0.1, -0.05) is 18.7 Å². The predicted octanol–water partition coefficient (Wildman–Crippen LogP) is -0.0831. The minimum Gasteiger partial charge on any atom is -0.481 e. The van der Waals surface area contributed by atoms with Gasteiger partial charge in [-0.3, -0.25) is 14.4 Å². The van der Waals surface area contributed by atoms with E-state index in [-0.39, 0.29) is 23.7 Å². The molecule has 1 aromatic rings. The molecular formula is C12H14N4O5S. The Balaban J connectivity index is 2.40. The molecule has 0 fully saturated rings. The van der Waals surface area contributed by atoms with E-state index < -0.39 is 22.7 Å². The number of thioether (sulfide) groups is 1. The molecule has 2 rings (SSSR count). The predicted molar refractivity (Wildman–Crippen MR) is 77.0 cm³/mol. The van der Waals surface area contributed by atoms with E-state index in [2.05, 4.69) is 15.3 Å². The molecule has 1 unspecified atom stereocenters. The summed E-state index contributed by atoms with van der Waals surface area (Å²) in [6, 6.07) is 0. The molecule has 118 valence electrons. The van der Waals surface area contributed by atoms with E-state index in [1.165, 1.54) is 7.11 Å². The molecule has 10 heteroatoms. The lowest BCUT2D eigenvalue weighted by Crippen LogP contribution is -2.36. The highest BCUT2D eigenvalue weighted by Gasteiger charge is 2.32. The van der Waals surface area contributed by atoms with E-state index in [9.17, 15) is 14.4 Å². The van der Waals surface area contributed by atoms with Crippen molar-refractivity contribution in [2.75, 3.05) is 7.11 Å². The van der Waals surface area contributed by atoms with Crippen LogP contribution in [0.1, 0.15) is 25.5 Å². The van der Waals surface area contributed by atoms with Crippen molar-refractivity contribution < 1.29 is 19.4 Å². The molecule has 0 spiro atoms. The van der Waals surface area contributed by atoms with Gasteiger partial charge in [0.2, 0.25) is 5.16 Å². The highest BCUT2D eigenvalue weighted by atomic mass is 32.2. The summed E-state index contributed by atoms with van der Waals surface area (Å²) in [6.07, 6.45) is 0.223. The Labute approximate surface area is 129 Å². The number of aromatic nitrogens is 3. The minimum atomic E-state index is -1.03. The van der Waals surface area contributed by atoms with Crippen molar-refractivity contribution in [3.63, 3.8) is 0 Å². The number of esters is 1. The summed E-state index contributed by atoms with van der Waals surface area (Å²) in [4.78, 5) is 34.6. The SMILES string of the molecule is CCC1=Nn2c(nnc(CCC(=O)O)c2=O)SC1C(=O)OC. The van der Waals surface area contributed by atoms with E-state index in [1.807, 2.05) is 6.92 Å². The van der Waals surface area contributed by atoms with E-state index in [0.29, 0.717) is 12.1 Å². The van der Waals surface area contributed by atoms with Gasteiger partial charge in [-0.05, 0) is 6.42 Å². The minimum absolute atomic E-state index is 0.0243. The number of aryl methyl sites for hydroxylation is 1. The van der Waals surface area contributed by atoms with Crippen molar-refractivity contribution in [3.8, 4) is 0 Å². The number of hydrogen-bond acceptors (Lipinski definition) is 8. The van der Waals surface area contributed by atoms with Crippen LogP contribution in [0.2, 0.25) is 0 Å². The van der Waals surface area contributed by atoms with E-state index in [1.54, 1.807) is 0 Å². The molecule has 0 saturated heterocycles. The first-order valence-corrected chi connectivity index (χ1v) is 7.38. The van der Waals surface area contributed by atoms with Gasteiger partial charge in [0.1, 0.15) is 10.9 Å². The van der Waals surface area contributed by atoms with Crippen molar-refractivity contribution in [1.82, 2.24) is 14.9 Å². The third-order valence-corrected chi connectivity index (χ3v) is 4.15. The molecule has 1 aliphatic rings. The summed E-state index contributed by atoms with van der Waals surface area (Å²) in [6.45, 7) is 1.81. The monoisotopic (exact) mass is 326 g/mol. The lowest BCUT2D eigenvalue weighted by molar-refractivity contribution is -0.139. The number of ether oxygens (including phenoxy) is 1. The number of fused-ring (bicyclic) bond motifs is 1. The Morgan fingerprint density at radius 2 is 2.14 bits per heavy atom. The zero-order chi connectivity index (χ0) is 16.3. The van der Waals surface area contributed by atoms with Crippen molar-refractivity contribution in [1.29, 1.82) is 0 Å². The lowest BCUT2D eigenvalue weighted by Gasteiger charge is -2.21.